The first-order valence-corrected chi connectivity index (χ1v) is 7.87. The third-order valence-corrected chi connectivity index (χ3v) is 3.82. The van der Waals surface area contributed by atoms with Gasteiger partial charge in [0.25, 0.3) is 0 Å². The fraction of sp³-hybridized carbons (Fsp3) is 0.667. The molecule has 5 heteroatoms. The van der Waals surface area contributed by atoms with E-state index in [-0.39, 0.29) is 11.7 Å². The van der Waals surface area contributed by atoms with Gasteiger partial charge in [-0.2, -0.15) is 0 Å². The molecule has 1 heterocycles. The Bertz CT molecular complexity index is 397. The fourth-order valence-corrected chi connectivity index (χ4v) is 2.49. The Balaban J connectivity index is 2.66. The molecule has 0 fully saturated rings. The molecule has 0 amide bonds. The molecule has 0 spiro atoms. The minimum atomic E-state index is -0.330. The van der Waals surface area contributed by atoms with Gasteiger partial charge in [-0.05, 0) is 39.0 Å². The minimum absolute atomic E-state index is 0.284. The van der Waals surface area contributed by atoms with Crippen LogP contribution in [0.25, 0.3) is 0 Å². The highest BCUT2D eigenvalue weighted by Crippen LogP contribution is 2.20. The van der Waals surface area contributed by atoms with Gasteiger partial charge in [0, 0.05) is 18.7 Å². The van der Waals surface area contributed by atoms with Crippen LogP contribution in [-0.4, -0.2) is 42.6 Å². The van der Waals surface area contributed by atoms with Gasteiger partial charge in [0.2, 0.25) is 0 Å². The highest BCUT2D eigenvalue weighted by atomic mass is 35.5. The van der Waals surface area contributed by atoms with Crippen LogP contribution >= 0.6 is 11.6 Å². The number of halogens is 2. The molecule has 0 aromatic carbocycles. The number of hydrogen-bond donors (Lipinski definition) is 0. The first kappa shape index (κ1) is 17.2. The maximum atomic E-state index is 13.2. The van der Waals surface area contributed by atoms with Crippen molar-refractivity contribution in [2.24, 2.45) is 0 Å². The van der Waals surface area contributed by atoms with Crippen LogP contribution < -0.4 is 4.90 Å². The summed E-state index contributed by atoms with van der Waals surface area (Å²) in [6.45, 7) is 11.4. The molecule has 0 atom stereocenters. The van der Waals surface area contributed by atoms with E-state index in [9.17, 15) is 4.39 Å². The van der Waals surface area contributed by atoms with E-state index in [2.05, 4.69) is 35.6 Å². The lowest BCUT2D eigenvalue weighted by molar-refractivity contribution is 0.300. The summed E-state index contributed by atoms with van der Waals surface area (Å²) in [7, 11) is 0. The highest BCUT2D eigenvalue weighted by Gasteiger charge is 2.12. The molecule has 1 rings (SSSR count). The lowest BCUT2D eigenvalue weighted by atomic mass is 10.2. The number of rotatable bonds is 9. The van der Waals surface area contributed by atoms with Crippen LogP contribution in [0, 0.1) is 5.82 Å². The van der Waals surface area contributed by atoms with Gasteiger partial charge in [-0.15, -0.1) is 11.6 Å². The Kier molecular flexibility index (Phi) is 7.85. The molecule has 20 heavy (non-hydrogen) atoms. The maximum absolute atomic E-state index is 13.2. The third kappa shape index (κ3) is 4.91. The van der Waals surface area contributed by atoms with Crippen molar-refractivity contribution in [1.82, 2.24) is 9.88 Å². The van der Waals surface area contributed by atoms with Crippen LogP contribution in [0.4, 0.5) is 10.2 Å². The van der Waals surface area contributed by atoms with E-state index in [0.29, 0.717) is 0 Å². The summed E-state index contributed by atoms with van der Waals surface area (Å²) in [5, 5.41) is 0. The topological polar surface area (TPSA) is 19.4 Å². The quantitative estimate of drug-likeness (QED) is 0.651. The van der Waals surface area contributed by atoms with Crippen LogP contribution in [0.1, 0.15) is 32.8 Å². The molecule has 0 aliphatic rings. The van der Waals surface area contributed by atoms with Crippen LogP contribution in [0.2, 0.25) is 0 Å². The van der Waals surface area contributed by atoms with E-state index >= 15 is 0 Å². The number of anilines is 1. The summed E-state index contributed by atoms with van der Waals surface area (Å²) in [6.07, 6.45) is 2.33. The zero-order valence-electron chi connectivity index (χ0n) is 12.7. The van der Waals surface area contributed by atoms with Crippen molar-refractivity contribution in [1.29, 1.82) is 0 Å². The molecule has 0 bridgehead atoms. The van der Waals surface area contributed by atoms with Crippen LogP contribution in [0.3, 0.4) is 0 Å². The van der Waals surface area contributed by atoms with Gasteiger partial charge in [0.1, 0.15) is 11.6 Å². The molecule has 0 saturated heterocycles. The molecule has 0 radical (unpaired) electrons. The Hall–Kier alpha value is -0.870. The van der Waals surface area contributed by atoms with Crippen LogP contribution in [0.15, 0.2) is 12.3 Å². The Labute approximate surface area is 126 Å². The van der Waals surface area contributed by atoms with Crippen LogP contribution in [-0.2, 0) is 5.88 Å². The van der Waals surface area contributed by atoms with E-state index in [1.165, 1.54) is 12.3 Å². The highest BCUT2D eigenvalue weighted by molar-refractivity contribution is 6.17. The van der Waals surface area contributed by atoms with E-state index < -0.39 is 0 Å². The second kappa shape index (κ2) is 9.14. The monoisotopic (exact) mass is 301 g/mol. The van der Waals surface area contributed by atoms with E-state index in [1.54, 1.807) is 0 Å². The lowest BCUT2D eigenvalue weighted by Crippen LogP contribution is -2.31. The molecule has 0 N–H and O–H groups in total. The normalized spacial score (nSPS) is 11.1. The first-order valence-electron chi connectivity index (χ1n) is 7.33. The second-order valence-electron chi connectivity index (χ2n) is 4.73. The molecule has 1 aromatic heterocycles. The molecule has 0 unspecified atom stereocenters. The van der Waals surface area contributed by atoms with Crippen molar-refractivity contribution in [3.05, 3.63) is 23.6 Å². The molecule has 0 saturated carbocycles. The fourth-order valence-electron chi connectivity index (χ4n) is 2.30. The summed E-state index contributed by atoms with van der Waals surface area (Å²) < 4.78 is 13.2. The molecular weight excluding hydrogens is 277 g/mol. The maximum Gasteiger partial charge on any atom is 0.141 e. The van der Waals surface area contributed by atoms with Gasteiger partial charge in [-0.1, -0.05) is 13.8 Å². The zero-order valence-corrected chi connectivity index (χ0v) is 13.5. The smallest absolute Gasteiger partial charge is 0.141 e. The first-order chi connectivity index (χ1) is 9.65. The van der Waals surface area contributed by atoms with E-state index in [0.717, 1.165) is 50.5 Å². The zero-order chi connectivity index (χ0) is 15.0. The third-order valence-electron chi connectivity index (χ3n) is 3.53. The lowest BCUT2D eigenvalue weighted by Gasteiger charge is -2.25. The number of aromatic nitrogens is 1. The Morgan fingerprint density at radius 3 is 2.40 bits per heavy atom. The average Bonchev–Trinajstić information content (AvgIpc) is 2.48. The van der Waals surface area contributed by atoms with Crippen molar-refractivity contribution < 1.29 is 4.39 Å². The molecule has 3 nitrogen and oxygen atoms in total. The Morgan fingerprint density at radius 1 is 1.15 bits per heavy atom. The van der Waals surface area contributed by atoms with Gasteiger partial charge >= 0.3 is 0 Å². The summed E-state index contributed by atoms with van der Waals surface area (Å²) >= 11 is 5.89. The number of pyridine rings is 1. The van der Waals surface area contributed by atoms with Gasteiger partial charge in [0.15, 0.2) is 0 Å². The summed E-state index contributed by atoms with van der Waals surface area (Å²) in [5.41, 5.74) is 0.761. The van der Waals surface area contributed by atoms with Gasteiger partial charge in [-0.3, -0.25) is 0 Å². The number of hydrogen-bond acceptors (Lipinski definition) is 3. The molecule has 114 valence electrons. The van der Waals surface area contributed by atoms with Crippen molar-refractivity contribution in [2.45, 2.75) is 33.1 Å². The van der Waals surface area contributed by atoms with Gasteiger partial charge in [0.05, 0.1) is 12.1 Å². The predicted octanol–water partition coefficient (Wildman–Crippen LogP) is 3.52. The molecule has 1 aromatic rings. The van der Waals surface area contributed by atoms with Crippen LogP contribution in [0.5, 0.6) is 0 Å². The number of alkyl halides is 1. The van der Waals surface area contributed by atoms with Crippen molar-refractivity contribution in [3.63, 3.8) is 0 Å². The van der Waals surface area contributed by atoms with E-state index in [1.807, 2.05) is 0 Å². The average molecular weight is 302 g/mol. The van der Waals surface area contributed by atoms with Crippen molar-refractivity contribution in [3.8, 4) is 0 Å². The van der Waals surface area contributed by atoms with Gasteiger partial charge in [-0.25, -0.2) is 9.37 Å². The predicted molar refractivity (Wildman–Crippen MR) is 84.0 cm³/mol. The molecule has 0 aliphatic carbocycles. The summed E-state index contributed by atoms with van der Waals surface area (Å²) in [4.78, 5) is 8.78. The largest absolute Gasteiger partial charge is 0.357 e. The summed E-state index contributed by atoms with van der Waals surface area (Å²) in [5.74, 6) is 0.763. The Morgan fingerprint density at radius 2 is 1.85 bits per heavy atom. The minimum Gasteiger partial charge on any atom is -0.357 e. The van der Waals surface area contributed by atoms with Gasteiger partial charge < -0.3 is 9.80 Å². The molecule has 0 aliphatic heterocycles. The SMILES string of the molecule is CCN(CC)CCCN(CC)c1ncc(F)cc1CCl. The molecular formula is C15H25ClFN3. The standard InChI is InChI=1S/C15H25ClFN3/c1-4-19(5-2)8-7-9-20(6-3)15-13(11-16)10-14(17)12-18-15/h10,12H,4-9,11H2,1-3H3. The number of nitrogens with zero attached hydrogens (tertiary/aromatic N) is 3. The van der Waals surface area contributed by atoms with Crippen molar-refractivity contribution in [2.75, 3.05) is 37.6 Å². The van der Waals surface area contributed by atoms with Crippen molar-refractivity contribution >= 4 is 17.4 Å². The summed E-state index contributed by atoms with van der Waals surface area (Å²) in [6, 6.07) is 1.47. The van der Waals surface area contributed by atoms with E-state index in [4.69, 9.17) is 11.6 Å². The second-order valence-corrected chi connectivity index (χ2v) is 5.00.